The van der Waals surface area contributed by atoms with Crippen LogP contribution in [0.1, 0.15) is 54.6 Å². The molecular formula is C30H31FN2O3S. The Kier molecular flexibility index (Phi) is 7.51. The molecule has 2 heterocycles. The molecule has 0 N–H and O–H groups in total. The van der Waals surface area contributed by atoms with Crippen LogP contribution < -0.4 is 4.74 Å². The molecule has 2 fully saturated rings. The summed E-state index contributed by atoms with van der Waals surface area (Å²) in [5.41, 5.74) is 4.39. The summed E-state index contributed by atoms with van der Waals surface area (Å²) in [5.74, 6) is 0.616. The smallest absolute Gasteiger partial charge is 0.293 e. The van der Waals surface area contributed by atoms with Gasteiger partial charge in [-0.25, -0.2) is 4.39 Å². The summed E-state index contributed by atoms with van der Waals surface area (Å²) in [6, 6.07) is 16.3. The highest BCUT2D eigenvalue weighted by atomic mass is 32.2. The first-order valence-electron chi connectivity index (χ1n) is 12.8. The molecule has 192 valence electrons. The number of aryl methyl sites for hydroxylation is 1. The Morgan fingerprint density at radius 3 is 2.49 bits per heavy atom. The SMILES string of the molecule is Cc1cc(/C=C2/SC(=O)N(CC3CCCCC3)C2=O)c(C)n1-c1ccc(OCc2ccccc2F)cc1. The summed E-state index contributed by atoms with van der Waals surface area (Å²) in [4.78, 5) is 27.6. The lowest BCUT2D eigenvalue weighted by Gasteiger charge is -2.25. The predicted molar refractivity (Wildman–Crippen MR) is 145 cm³/mol. The van der Waals surface area contributed by atoms with Crippen LogP contribution in [0.25, 0.3) is 11.8 Å². The van der Waals surface area contributed by atoms with E-state index in [0.717, 1.165) is 47.2 Å². The van der Waals surface area contributed by atoms with Gasteiger partial charge in [-0.15, -0.1) is 0 Å². The van der Waals surface area contributed by atoms with Crippen molar-refractivity contribution in [1.82, 2.24) is 9.47 Å². The third-order valence-corrected chi connectivity index (χ3v) is 8.15. The molecule has 5 nitrogen and oxygen atoms in total. The number of hydrogen-bond acceptors (Lipinski definition) is 4. The molecule has 1 saturated heterocycles. The standard InChI is InChI=1S/C30H31FN2O3S/c1-20-16-24(17-28-29(34)32(30(35)37-28)18-22-8-4-3-5-9-22)21(2)33(20)25-12-14-26(15-13-25)36-19-23-10-6-7-11-27(23)31/h6-7,10-17,22H,3-5,8-9,18-19H2,1-2H3/b28-17+. The minimum Gasteiger partial charge on any atom is -0.489 e. The van der Waals surface area contributed by atoms with Crippen LogP contribution in [0.3, 0.4) is 0 Å². The number of imide groups is 1. The fraction of sp³-hybridized carbons (Fsp3) is 0.333. The molecule has 5 rings (SSSR count). The first-order valence-corrected chi connectivity index (χ1v) is 13.6. The Balaban J connectivity index is 1.30. The normalized spacial score (nSPS) is 17.7. The molecule has 0 spiro atoms. The lowest BCUT2D eigenvalue weighted by Crippen LogP contribution is -2.34. The highest BCUT2D eigenvalue weighted by Crippen LogP contribution is 2.36. The van der Waals surface area contributed by atoms with E-state index in [9.17, 15) is 14.0 Å². The number of carbonyl (C=O) groups is 2. The van der Waals surface area contributed by atoms with Crippen LogP contribution in [0.15, 0.2) is 59.5 Å². The molecule has 2 aliphatic rings. The van der Waals surface area contributed by atoms with E-state index in [1.165, 1.54) is 30.2 Å². The minimum absolute atomic E-state index is 0.160. The van der Waals surface area contributed by atoms with E-state index in [0.29, 0.717) is 28.7 Å². The summed E-state index contributed by atoms with van der Waals surface area (Å²) in [6.45, 7) is 4.72. The monoisotopic (exact) mass is 518 g/mol. The molecule has 1 aromatic heterocycles. The molecular weight excluding hydrogens is 487 g/mol. The Morgan fingerprint density at radius 1 is 1.03 bits per heavy atom. The Bertz CT molecular complexity index is 1340. The Labute approximate surface area is 221 Å². The maximum absolute atomic E-state index is 13.9. The van der Waals surface area contributed by atoms with Gasteiger partial charge in [0.15, 0.2) is 0 Å². The van der Waals surface area contributed by atoms with Crippen LogP contribution >= 0.6 is 11.8 Å². The van der Waals surface area contributed by atoms with Crippen molar-refractivity contribution in [1.29, 1.82) is 0 Å². The van der Waals surface area contributed by atoms with Gasteiger partial charge >= 0.3 is 0 Å². The van der Waals surface area contributed by atoms with Crippen LogP contribution in [0.2, 0.25) is 0 Å². The number of amides is 2. The van der Waals surface area contributed by atoms with Crippen molar-refractivity contribution < 1.29 is 18.7 Å². The van der Waals surface area contributed by atoms with Gasteiger partial charge in [0.25, 0.3) is 11.1 Å². The molecule has 1 aliphatic heterocycles. The molecule has 7 heteroatoms. The predicted octanol–water partition coefficient (Wildman–Crippen LogP) is 7.43. The summed E-state index contributed by atoms with van der Waals surface area (Å²) >= 11 is 1.04. The molecule has 3 aromatic rings. The van der Waals surface area contributed by atoms with Gasteiger partial charge in [0.1, 0.15) is 18.2 Å². The van der Waals surface area contributed by atoms with Crippen molar-refractivity contribution in [3.05, 3.63) is 87.8 Å². The third-order valence-electron chi connectivity index (χ3n) is 7.24. The van der Waals surface area contributed by atoms with Crippen molar-refractivity contribution in [2.45, 2.75) is 52.6 Å². The zero-order valence-electron chi connectivity index (χ0n) is 21.2. The van der Waals surface area contributed by atoms with Gasteiger partial charge in [0.2, 0.25) is 0 Å². The van der Waals surface area contributed by atoms with Gasteiger partial charge in [-0.3, -0.25) is 14.5 Å². The topological polar surface area (TPSA) is 51.5 Å². The highest BCUT2D eigenvalue weighted by molar-refractivity contribution is 8.18. The van der Waals surface area contributed by atoms with Crippen molar-refractivity contribution in [3.8, 4) is 11.4 Å². The summed E-state index contributed by atoms with van der Waals surface area (Å²) in [6.07, 6.45) is 7.64. The lowest BCUT2D eigenvalue weighted by molar-refractivity contribution is -0.123. The van der Waals surface area contributed by atoms with E-state index in [2.05, 4.69) is 4.57 Å². The zero-order valence-corrected chi connectivity index (χ0v) is 22.0. The number of carbonyl (C=O) groups excluding carboxylic acids is 2. The Hall–Kier alpha value is -3.32. The largest absolute Gasteiger partial charge is 0.489 e. The van der Waals surface area contributed by atoms with Crippen molar-refractivity contribution in [2.24, 2.45) is 5.92 Å². The van der Waals surface area contributed by atoms with E-state index in [1.807, 2.05) is 50.3 Å². The summed E-state index contributed by atoms with van der Waals surface area (Å²) in [5, 5.41) is -0.165. The Morgan fingerprint density at radius 2 is 1.76 bits per heavy atom. The van der Waals surface area contributed by atoms with E-state index < -0.39 is 0 Å². The van der Waals surface area contributed by atoms with Crippen molar-refractivity contribution >= 4 is 29.0 Å². The van der Waals surface area contributed by atoms with Crippen LogP contribution in [-0.2, 0) is 11.4 Å². The minimum atomic E-state index is -0.280. The number of nitrogens with zero attached hydrogens (tertiary/aromatic N) is 2. The maximum Gasteiger partial charge on any atom is 0.293 e. The van der Waals surface area contributed by atoms with Crippen LogP contribution in [0, 0.1) is 25.6 Å². The fourth-order valence-corrected chi connectivity index (χ4v) is 6.06. The summed E-state index contributed by atoms with van der Waals surface area (Å²) < 4.78 is 21.7. The van der Waals surface area contributed by atoms with Gasteiger partial charge in [0.05, 0.1) is 4.91 Å². The van der Waals surface area contributed by atoms with Gasteiger partial charge in [-0.05, 0) is 92.4 Å². The van der Waals surface area contributed by atoms with E-state index in [4.69, 9.17) is 4.74 Å². The second-order valence-corrected chi connectivity index (χ2v) is 10.8. The molecule has 2 aromatic carbocycles. The number of ether oxygens (including phenoxy) is 1. The third kappa shape index (κ3) is 5.52. The first-order chi connectivity index (χ1) is 17.9. The van der Waals surface area contributed by atoms with Gasteiger partial charge in [0, 0.05) is 29.2 Å². The number of thioether (sulfide) groups is 1. The molecule has 0 atom stereocenters. The molecule has 0 radical (unpaired) electrons. The number of hydrogen-bond donors (Lipinski definition) is 0. The summed E-state index contributed by atoms with van der Waals surface area (Å²) in [7, 11) is 0. The number of benzene rings is 2. The first kappa shape index (κ1) is 25.3. The zero-order chi connectivity index (χ0) is 25.9. The maximum atomic E-state index is 13.9. The molecule has 37 heavy (non-hydrogen) atoms. The van der Waals surface area contributed by atoms with Gasteiger partial charge in [-0.2, -0.15) is 0 Å². The van der Waals surface area contributed by atoms with E-state index in [1.54, 1.807) is 18.2 Å². The fourth-order valence-electron chi connectivity index (χ4n) is 5.23. The second kappa shape index (κ2) is 11.0. The molecule has 0 unspecified atom stereocenters. The number of aromatic nitrogens is 1. The van der Waals surface area contributed by atoms with E-state index in [-0.39, 0.29) is 23.6 Å². The lowest BCUT2D eigenvalue weighted by atomic mass is 9.89. The van der Waals surface area contributed by atoms with Crippen LogP contribution in [0.5, 0.6) is 5.75 Å². The van der Waals surface area contributed by atoms with Crippen LogP contribution in [-0.4, -0.2) is 27.2 Å². The van der Waals surface area contributed by atoms with Crippen molar-refractivity contribution in [3.63, 3.8) is 0 Å². The molecule has 0 bridgehead atoms. The van der Waals surface area contributed by atoms with Crippen LogP contribution in [0.4, 0.5) is 9.18 Å². The highest BCUT2D eigenvalue weighted by Gasteiger charge is 2.36. The average Bonchev–Trinajstić information content (AvgIpc) is 3.33. The number of halogens is 1. The van der Waals surface area contributed by atoms with Crippen molar-refractivity contribution in [2.75, 3.05) is 6.54 Å². The van der Waals surface area contributed by atoms with Gasteiger partial charge < -0.3 is 9.30 Å². The molecule has 1 saturated carbocycles. The van der Waals surface area contributed by atoms with Gasteiger partial charge in [-0.1, -0.05) is 37.5 Å². The molecule has 1 aliphatic carbocycles. The average molecular weight is 519 g/mol. The number of rotatable bonds is 7. The molecule has 2 amide bonds. The van der Waals surface area contributed by atoms with E-state index >= 15 is 0 Å². The second-order valence-electron chi connectivity index (χ2n) is 9.83. The quantitative estimate of drug-likeness (QED) is 0.305.